The van der Waals surface area contributed by atoms with E-state index in [0.717, 1.165) is 33.5 Å². The molecule has 3 heterocycles. The van der Waals surface area contributed by atoms with Gasteiger partial charge in [0.2, 0.25) is 0 Å². The molecule has 0 saturated carbocycles. The minimum Gasteiger partial charge on any atom is -0.335 e. The molecule has 5 aromatic carbocycles. The number of anilines is 2. The fourth-order valence-corrected chi connectivity index (χ4v) is 6.55. The molecule has 38 heavy (non-hydrogen) atoms. The first-order chi connectivity index (χ1) is 18.7. The Balaban J connectivity index is 1.68. The first-order valence-electron chi connectivity index (χ1n) is 13.1. The van der Waals surface area contributed by atoms with E-state index in [4.69, 9.17) is 0 Å². The molecule has 7 aromatic rings. The highest BCUT2D eigenvalue weighted by molar-refractivity contribution is 6.28. The van der Waals surface area contributed by atoms with Gasteiger partial charge in [0.05, 0.1) is 50.8 Å². The van der Waals surface area contributed by atoms with E-state index >= 15 is 0 Å². The van der Waals surface area contributed by atoms with Gasteiger partial charge in [-0.3, -0.25) is 0 Å². The molecule has 0 bridgehead atoms. The van der Waals surface area contributed by atoms with E-state index in [1.165, 1.54) is 32.9 Å². The smallest absolute Gasteiger partial charge is 0.0992 e. The molecule has 8 rings (SSSR count). The summed E-state index contributed by atoms with van der Waals surface area (Å²) >= 11 is 0. The summed E-state index contributed by atoms with van der Waals surface area (Å²) in [4.78, 5) is 2.38. The van der Waals surface area contributed by atoms with Crippen molar-refractivity contribution in [1.82, 2.24) is 9.13 Å². The van der Waals surface area contributed by atoms with Crippen molar-refractivity contribution in [3.63, 3.8) is 0 Å². The number of aromatic nitrogens is 2. The highest BCUT2D eigenvalue weighted by atomic mass is 15.2. The molecule has 0 spiro atoms. The van der Waals surface area contributed by atoms with Gasteiger partial charge in [-0.05, 0) is 62.4 Å². The van der Waals surface area contributed by atoms with Gasteiger partial charge in [0, 0.05) is 33.3 Å². The summed E-state index contributed by atoms with van der Waals surface area (Å²) in [6.45, 7) is 4.43. The number of hydrogen-bond donors (Lipinski definition) is 0. The SMILES string of the molecule is CC(C)N1c2ccccc2-n2c3ccc4c5ccccc5n(-c5ccccc5)c4c3c3cc(C#N)cc1c32. The number of rotatable bonds is 2. The molecule has 1 aliphatic heterocycles. The minimum absolute atomic E-state index is 0.232. The number of fused-ring (bicyclic) bond motifs is 9. The molecule has 2 aromatic heterocycles. The van der Waals surface area contributed by atoms with Crippen LogP contribution in [-0.4, -0.2) is 15.2 Å². The predicted molar refractivity (Wildman–Crippen MR) is 157 cm³/mol. The summed E-state index contributed by atoms with van der Waals surface area (Å²) in [6.07, 6.45) is 0. The van der Waals surface area contributed by atoms with Crippen LogP contribution in [0.25, 0.3) is 55.0 Å². The third-order valence-corrected chi connectivity index (χ3v) is 7.94. The maximum Gasteiger partial charge on any atom is 0.0992 e. The largest absolute Gasteiger partial charge is 0.335 e. The molecule has 1 aliphatic rings. The first-order valence-corrected chi connectivity index (χ1v) is 13.1. The Kier molecular flexibility index (Phi) is 4.17. The van der Waals surface area contributed by atoms with Crippen molar-refractivity contribution >= 4 is 55.0 Å². The number of nitrogens with zero attached hydrogens (tertiary/aromatic N) is 4. The van der Waals surface area contributed by atoms with Crippen LogP contribution in [0.4, 0.5) is 11.4 Å². The fourth-order valence-electron chi connectivity index (χ4n) is 6.55. The Morgan fingerprint density at radius 3 is 2.13 bits per heavy atom. The van der Waals surface area contributed by atoms with E-state index in [9.17, 15) is 5.26 Å². The maximum atomic E-state index is 10.1. The van der Waals surface area contributed by atoms with Crippen LogP contribution in [0, 0.1) is 11.3 Å². The second kappa shape index (κ2) is 7.50. The molecule has 4 heteroatoms. The summed E-state index contributed by atoms with van der Waals surface area (Å²) in [6, 6.07) is 39.2. The molecule has 180 valence electrons. The number of benzene rings is 5. The van der Waals surface area contributed by atoms with Gasteiger partial charge < -0.3 is 14.0 Å². The molecular formula is C34H24N4. The predicted octanol–water partition coefficient (Wildman–Crippen LogP) is 8.61. The molecule has 0 aliphatic carbocycles. The van der Waals surface area contributed by atoms with Gasteiger partial charge in [-0.1, -0.05) is 54.6 Å². The molecule has 0 unspecified atom stereocenters. The zero-order valence-corrected chi connectivity index (χ0v) is 21.2. The Morgan fingerprint density at radius 1 is 0.605 bits per heavy atom. The van der Waals surface area contributed by atoms with Crippen LogP contribution < -0.4 is 4.90 Å². The van der Waals surface area contributed by atoms with Crippen molar-refractivity contribution in [1.29, 1.82) is 5.26 Å². The highest BCUT2D eigenvalue weighted by Gasteiger charge is 2.31. The molecule has 4 nitrogen and oxygen atoms in total. The Morgan fingerprint density at radius 2 is 1.34 bits per heavy atom. The second-order valence-electron chi connectivity index (χ2n) is 10.3. The van der Waals surface area contributed by atoms with Crippen molar-refractivity contribution in [2.45, 2.75) is 19.9 Å². The van der Waals surface area contributed by atoms with Crippen molar-refractivity contribution < 1.29 is 0 Å². The van der Waals surface area contributed by atoms with Crippen molar-refractivity contribution in [3.8, 4) is 17.4 Å². The van der Waals surface area contributed by atoms with Gasteiger partial charge in [-0.25, -0.2) is 0 Å². The lowest BCUT2D eigenvalue weighted by molar-refractivity contribution is 0.781. The van der Waals surface area contributed by atoms with E-state index in [1.54, 1.807) is 0 Å². The van der Waals surface area contributed by atoms with E-state index in [0.29, 0.717) is 5.56 Å². The summed E-state index contributed by atoms with van der Waals surface area (Å²) in [5.74, 6) is 0. The van der Waals surface area contributed by atoms with Crippen molar-refractivity contribution in [3.05, 3.63) is 109 Å². The quantitative estimate of drug-likeness (QED) is 0.244. The topological polar surface area (TPSA) is 36.9 Å². The lowest BCUT2D eigenvalue weighted by atomic mass is 10.0. The summed E-state index contributed by atoms with van der Waals surface area (Å²) in [5.41, 5.74) is 9.88. The molecule has 0 atom stereocenters. The van der Waals surface area contributed by atoms with E-state index < -0.39 is 0 Å². The molecule has 0 N–H and O–H groups in total. The third-order valence-electron chi connectivity index (χ3n) is 7.94. The monoisotopic (exact) mass is 488 g/mol. The standard InChI is InChI=1S/C34H24N4/c1-21(2)36-28-14-8-9-15-29(28)38-30-17-16-25-24-12-6-7-13-27(24)37(23-10-4-3-5-11-23)34(25)32(30)26-18-22(20-35)19-31(36)33(26)38/h3-19,21H,1-2H3. The lowest BCUT2D eigenvalue weighted by Gasteiger charge is -2.36. The number of para-hydroxylation sites is 4. The Hall–Kier alpha value is -5.01. The van der Waals surface area contributed by atoms with Crippen LogP contribution in [-0.2, 0) is 0 Å². The summed E-state index contributed by atoms with van der Waals surface area (Å²) in [5, 5.41) is 14.8. The van der Waals surface area contributed by atoms with Crippen LogP contribution >= 0.6 is 0 Å². The Labute approximate surface area is 220 Å². The van der Waals surface area contributed by atoms with Gasteiger partial charge in [0.25, 0.3) is 0 Å². The van der Waals surface area contributed by atoms with Crippen LogP contribution in [0.15, 0.2) is 103 Å². The molecule has 0 amide bonds. The van der Waals surface area contributed by atoms with Crippen LogP contribution in [0.5, 0.6) is 0 Å². The van der Waals surface area contributed by atoms with E-state index in [-0.39, 0.29) is 6.04 Å². The molecule has 0 saturated heterocycles. The second-order valence-corrected chi connectivity index (χ2v) is 10.3. The number of nitriles is 1. The maximum absolute atomic E-state index is 10.1. The van der Waals surface area contributed by atoms with Gasteiger partial charge in [0.1, 0.15) is 0 Å². The Bertz CT molecular complexity index is 2120. The molecular weight excluding hydrogens is 464 g/mol. The average Bonchev–Trinajstić information content (AvgIpc) is 3.47. The zero-order chi connectivity index (χ0) is 25.5. The molecule has 0 radical (unpaired) electrons. The highest BCUT2D eigenvalue weighted by Crippen LogP contribution is 2.50. The van der Waals surface area contributed by atoms with Crippen molar-refractivity contribution in [2.24, 2.45) is 0 Å². The lowest BCUT2D eigenvalue weighted by Crippen LogP contribution is -2.29. The van der Waals surface area contributed by atoms with Gasteiger partial charge >= 0.3 is 0 Å². The first kappa shape index (κ1) is 21.1. The van der Waals surface area contributed by atoms with E-state index in [2.05, 4.69) is 137 Å². The normalized spacial score (nSPS) is 12.6. The summed E-state index contributed by atoms with van der Waals surface area (Å²) < 4.78 is 4.79. The van der Waals surface area contributed by atoms with E-state index in [1.807, 2.05) is 0 Å². The van der Waals surface area contributed by atoms with Crippen molar-refractivity contribution in [2.75, 3.05) is 4.90 Å². The third kappa shape index (κ3) is 2.58. The van der Waals surface area contributed by atoms with Crippen LogP contribution in [0.1, 0.15) is 19.4 Å². The zero-order valence-electron chi connectivity index (χ0n) is 21.2. The van der Waals surface area contributed by atoms with Crippen LogP contribution in [0.3, 0.4) is 0 Å². The fraction of sp³-hybridized carbons (Fsp3) is 0.0882. The molecule has 0 fully saturated rings. The average molecular weight is 489 g/mol. The number of hydrogen-bond acceptors (Lipinski definition) is 2. The van der Waals surface area contributed by atoms with Crippen LogP contribution in [0.2, 0.25) is 0 Å². The van der Waals surface area contributed by atoms with Gasteiger partial charge in [-0.2, -0.15) is 5.26 Å². The van der Waals surface area contributed by atoms with Gasteiger partial charge in [-0.15, -0.1) is 0 Å². The summed E-state index contributed by atoms with van der Waals surface area (Å²) in [7, 11) is 0. The van der Waals surface area contributed by atoms with Gasteiger partial charge in [0.15, 0.2) is 0 Å². The minimum atomic E-state index is 0.232.